The molecule has 0 spiro atoms. The highest BCUT2D eigenvalue weighted by molar-refractivity contribution is 7.98. The lowest BCUT2D eigenvalue weighted by molar-refractivity contribution is -0.115. The van der Waals surface area contributed by atoms with Crippen LogP contribution in [0.15, 0.2) is 40.9 Å². The Balaban J connectivity index is 1.77. The number of aryl methyl sites for hydroxylation is 1. The molecule has 0 saturated heterocycles. The van der Waals surface area contributed by atoms with Crippen LogP contribution in [-0.4, -0.2) is 31.1 Å². The average Bonchev–Trinajstić information content (AvgIpc) is 3.15. The maximum absolute atomic E-state index is 12.0. The Morgan fingerprint density at radius 1 is 1.35 bits per heavy atom. The standard InChI is InChI=1S/C14H14N6OS2/c1-10(21)20(12-6-4-3-5-7-12)13-15-11(8-22-13)9-23-14-16-17-18-19(14)2/h3-8H,9H2,1-2H3. The summed E-state index contributed by atoms with van der Waals surface area (Å²) in [6, 6.07) is 9.50. The van der Waals surface area contributed by atoms with Gasteiger partial charge in [0.1, 0.15) is 0 Å². The molecule has 0 fully saturated rings. The van der Waals surface area contributed by atoms with E-state index in [1.165, 1.54) is 30.0 Å². The molecule has 0 aliphatic carbocycles. The van der Waals surface area contributed by atoms with E-state index in [0.29, 0.717) is 10.9 Å². The number of anilines is 2. The van der Waals surface area contributed by atoms with E-state index in [4.69, 9.17) is 0 Å². The van der Waals surface area contributed by atoms with Crippen LogP contribution in [0.4, 0.5) is 10.8 Å². The average molecular weight is 346 g/mol. The Hall–Kier alpha value is -2.26. The first-order chi connectivity index (χ1) is 11.1. The van der Waals surface area contributed by atoms with E-state index in [2.05, 4.69) is 20.5 Å². The van der Waals surface area contributed by atoms with Crippen LogP contribution in [0.3, 0.4) is 0 Å². The van der Waals surface area contributed by atoms with E-state index < -0.39 is 0 Å². The van der Waals surface area contributed by atoms with Crippen molar-refractivity contribution in [1.82, 2.24) is 25.2 Å². The summed E-state index contributed by atoms with van der Waals surface area (Å²) in [7, 11) is 1.79. The lowest BCUT2D eigenvalue weighted by Gasteiger charge is -2.17. The highest BCUT2D eigenvalue weighted by atomic mass is 32.2. The molecular formula is C14H14N6OS2. The van der Waals surface area contributed by atoms with E-state index in [1.54, 1.807) is 16.6 Å². The van der Waals surface area contributed by atoms with Crippen molar-refractivity contribution < 1.29 is 4.79 Å². The first kappa shape index (κ1) is 15.6. The Bertz CT molecular complexity index is 800. The number of rotatable bonds is 5. The Kier molecular flexibility index (Phi) is 4.68. The van der Waals surface area contributed by atoms with Gasteiger partial charge in [0, 0.05) is 25.1 Å². The van der Waals surface area contributed by atoms with Gasteiger partial charge in [-0.2, -0.15) is 0 Å². The maximum atomic E-state index is 12.0. The van der Waals surface area contributed by atoms with E-state index in [9.17, 15) is 4.79 Å². The molecule has 2 heterocycles. The molecule has 0 aliphatic rings. The van der Waals surface area contributed by atoms with Crippen LogP contribution in [-0.2, 0) is 17.6 Å². The van der Waals surface area contributed by atoms with E-state index >= 15 is 0 Å². The van der Waals surface area contributed by atoms with Gasteiger partial charge in [-0.05, 0) is 22.6 Å². The fraction of sp³-hybridized carbons (Fsp3) is 0.214. The molecule has 3 aromatic rings. The predicted molar refractivity (Wildman–Crippen MR) is 89.7 cm³/mol. The summed E-state index contributed by atoms with van der Waals surface area (Å²) in [4.78, 5) is 18.2. The topological polar surface area (TPSA) is 76.8 Å². The van der Waals surface area contributed by atoms with Crippen molar-refractivity contribution >= 4 is 39.8 Å². The van der Waals surface area contributed by atoms with Crippen molar-refractivity contribution in [2.75, 3.05) is 4.90 Å². The zero-order valence-corrected chi connectivity index (χ0v) is 14.2. The van der Waals surface area contributed by atoms with Gasteiger partial charge in [0.05, 0.1) is 11.4 Å². The van der Waals surface area contributed by atoms with Crippen LogP contribution in [0.2, 0.25) is 0 Å². The van der Waals surface area contributed by atoms with Crippen molar-refractivity contribution in [1.29, 1.82) is 0 Å². The summed E-state index contributed by atoms with van der Waals surface area (Å²) in [5.41, 5.74) is 1.70. The summed E-state index contributed by atoms with van der Waals surface area (Å²) < 4.78 is 1.61. The van der Waals surface area contributed by atoms with Crippen molar-refractivity contribution in [3.8, 4) is 0 Å². The molecule has 0 unspecified atom stereocenters. The van der Waals surface area contributed by atoms with Crippen LogP contribution >= 0.6 is 23.1 Å². The zero-order valence-electron chi connectivity index (χ0n) is 12.6. The molecule has 9 heteroatoms. The number of benzene rings is 1. The molecule has 1 amide bonds. The van der Waals surface area contributed by atoms with Gasteiger partial charge in [0.2, 0.25) is 11.1 Å². The monoisotopic (exact) mass is 346 g/mol. The first-order valence-corrected chi connectivity index (χ1v) is 8.67. The van der Waals surface area contributed by atoms with Gasteiger partial charge in [0.15, 0.2) is 5.13 Å². The number of amides is 1. The van der Waals surface area contributed by atoms with Gasteiger partial charge in [-0.1, -0.05) is 30.0 Å². The molecule has 3 rings (SSSR count). The minimum absolute atomic E-state index is 0.0674. The number of hydrogen-bond acceptors (Lipinski definition) is 7. The van der Waals surface area contributed by atoms with Gasteiger partial charge in [-0.15, -0.1) is 16.4 Å². The molecular weight excluding hydrogens is 332 g/mol. The second-order valence-electron chi connectivity index (χ2n) is 4.69. The first-order valence-electron chi connectivity index (χ1n) is 6.80. The Morgan fingerprint density at radius 2 is 2.13 bits per heavy atom. The van der Waals surface area contributed by atoms with E-state index in [-0.39, 0.29) is 5.91 Å². The lowest BCUT2D eigenvalue weighted by Crippen LogP contribution is -2.22. The van der Waals surface area contributed by atoms with Gasteiger partial charge in [-0.3, -0.25) is 9.69 Å². The van der Waals surface area contributed by atoms with E-state index in [0.717, 1.165) is 16.5 Å². The SMILES string of the molecule is CC(=O)N(c1ccccc1)c1nc(CSc2nnnn2C)cs1. The summed E-state index contributed by atoms with van der Waals surface area (Å²) in [6.07, 6.45) is 0. The largest absolute Gasteiger partial charge is 0.274 e. The van der Waals surface area contributed by atoms with Crippen molar-refractivity contribution in [2.24, 2.45) is 7.05 Å². The summed E-state index contributed by atoms with van der Waals surface area (Å²) >= 11 is 2.95. The maximum Gasteiger partial charge on any atom is 0.230 e. The van der Waals surface area contributed by atoms with Crippen LogP contribution < -0.4 is 4.90 Å². The van der Waals surface area contributed by atoms with Gasteiger partial charge < -0.3 is 0 Å². The van der Waals surface area contributed by atoms with Crippen molar-refractivity contribution in [2.45, 2.75) is 17.8 Å². The van der Waals surface area contributed by atoms with Crippen LogP contribution in [0.25, 0.3) is 0 Å². The number of nitrogens with zero attached hydrogens (tertiary/aromatic N) is 6. The Labute approximate surface area is 141 Å². The van der Waals surface area contributed by atoms with Crippen molar-refractivity contribution in [3.63, 3.8) is 0 Å². The van der Waals surface area contributed by atoms with Gasteiger partial charge in [-0.25, -0.2) is 9.67 Å². The fourth-order valence-electron chi connectivity index (χ4n) is 1.95. The number of carbonyl (C=O) groups excluding carboxylic acids is 1. The zero-order chi connectivity index (χ0) is 16.2. The molecule has 23 heavy (non-hydrogen) atoms. The van der Waals surface area contributed by atoms with Crippen LogP contribution in [0.1, 0.15) is 12.6 Å². The highest BCUT2D eigenvalue weighted by Crippen LogP contribution is 2.30. The smallest absolute Gasteiger partial charge is 0.230 e. The summed E-state index contributed by atoms with van der Waals surface area (Å²) in [6.45, 7) is 1.54. The van der Waals surface area contributed by atoms with E-state index in [1.807, 2.05) is 35.7 Å². The molecule has 0 radical (unpaired) electrons. The van der Waals surface area contributed by atoms with Crippen LogP contribution in [0.5, 0.6) is 0 Å². The third kappa shape index (κ3) is 3.57. The normalized spacial score (nSPS) is 10.7. The number of carbonyl (C=O) groups is 1. The summed E-state index contributed by atoms with van der Waals surface area (Å²) in [5.74, 6) is 0.577. The number of tetrazole rings is 1. The minimum Gasteiger partial charge on any atom is -0.274 e. The molecule has 0 N–H and O–H groups in total. The predicted octanol–water partition coefficient (Wildman–Crippen LogP) is 2.64. The number of hydrogen-bond donors (Lipinski definition) is 0. The van der Waals surface area contributed by atoms with Crippen molar-refractivity contribution in [3.05, 3.63) is 41.4 Å². The molecule has 118 valence electrons. The third-order valence-corrected chi connectivity index (χ3v) is 4.91. The number of para-hydroxylation sites is 1. The quantitative estimate of drug-likeness (QED) is 0.661. The molecule has 0 bridgehead atoms. The number of thioether (sulfide) groups is 1. The highest BCUT2D eigenvalue weighted by Gasteiger charge is 2.17. The number of thiazole rings is 1. The molecule has 7 nitrogen and oxygen atoms in total. The molecule has 2 aromatic heterocycles. The molecule has 0 saturated carbocycles. The van der Waals surface area contributed by atoms with Gasteiger partial charge >= 0.3 is 0 Å². The Morgan fingerprint density at radius 3 is 2.78 bits per heavy atom. The lowest BCUT2D eigenvalue weighted by atomic mass is 10.3. The second-order valence-corrected chi connectivity index (χ2v) is 6.46. The molecule has 0 atom stereocenters. The fourth-order valence-corrected chi connectivity index (χ4v) is 3.69. The van der Waals surface area contributed by atoms with Crippen LogP contribution in [0, 0.1) is 0 Å². The number of aromatic nitrogens is 5. The second kappa shape index (κ2) is 6.88. The minimum atomic E-state index is -0.0674. The molecule has 1 aromatic carbocycles. The summed E-state index contributed by atoms with van der Waals surface area (Å²) in [5, 5.41) is 14.7. The third-order valence-electron chi connectivity index (χ3n) is 2.99. The molecule has 0 aliphatic heterocycles. The van der Waals surface area contributed by atoms with Gasteiger partial charge in [0.25, 0.3) is 0 Å².